The molecule has 1 saturated heterocycles. The Balaban J connectivity index is 1.73. The Bertz CT molecular complexity index is 1260. The number of halogens is 4. The molecular formula is C19H18F4N6O4S. The van der Waals surface area contributed by atoms with Crippen LogP contribution in [0.15, 0.2) is 35.6 Å². The number of fused-ring (bicyclic) bond motifs is 1. The topological polar surface area (TPSA) is 140 Å². The van der Waals surface area contributed by atoms with Crippen LogP contribution in [0.3, 0.4) is 0 Å². The van der Waals surface area contributed by atoms with Crippen LogP contribution in [-0.4, -0.2) is 66.2 Å². The van der Waals surface area contributed by atoms with Gasteiger partial charge >= 0.3 is 0 Å². The minimum Gasteiger partial charge on any atom is -0.371 e. The molecule has 3 N–H and O–H groups in total. The second-order valence-corrected chi connectivity index (χ2v) is 9.69. The summed E-state index contributed by atoms with van der Waals surface area (Å²) in [6, 6.07) is 3.27. The zero-order chi connectivity index (χ0) is 24.8. The van der Waals surface area contributed by atoms with E-state index in [9.17, 15) is 26.4 Å². The highest BCUT2D eigenvalue weighted by molar-refractivity contribution is 7.90. The molecular weight excluding hydrogens is 484 g/mol. The summed E-state index contributed by atoms with van der Waals surface area (Å²) in [6.07, 6.45) is -2.70. The Morgan fingerprint density at radius 2 is 2.09 bits per heavy atom. The highest BCUT2D eigenvalue weighted by Gasteiger charge is 2.62. The highest BCUT2D eigenvalue weighted by atomic mass is 32.2. The van der Waals surface area contributed by atoms with Crippen LogP contribution >= 0.6 is 0 Å². The van der Waals surface area contributed by atoms with Crippen molar-refractivity contribution in [2.24, 2.45) is 10.7 Å². The number of nitrogens with one attached hydrogen (secondary N) is 1. The number of benzene rings is 1. The molecule has 34 heavy (non-hydrogen) atoms. The molecule has 3 heterocycles. The first kappa shape index (κ1) is 23.8. The van der Waals surface area contributed by atoms with Crippen molar-refractivity contribution < 1.29 is 35.5 Å². The number of rotatable bonds is 5. The number of aliphatic imine (C=N–C) groups is 1. The number of hydrogen-bond acceptors (Lipinski definition) is 8. The van der Waals surface area contributed by atoms with E-state index in [1.807, 2.05) is 0 Å². The number of nitrogens with zero attached hydrogens (tertiary/aromatic N) is 4. The quantitative estimate of drug-likeness (QED) is 0.588. The fourth-order valence-corrected chi connectivity index (χ4v) is 5.85. The smallest absolute Gasteiger partial charge is 0.281 e. The molecule has 0 bridgehead atoms. The number of carbonyl (C=O) groups is 1. The Morgan fingerprint density at radius 3 is 2.71 bits per heavy atom. The summed E-state index contributed by atoms with van der Waals surface area (Å²) in [5.74, 6) is -2.17. The molecule has 1 aromatic carbocycles. The number of nitrogens with two attached hydrogens (primary N) is 1. The van der Waals surface area contributed by atoms with Crippen LogP contribution in [0, 0.1) is 5.82 Å². The number of aromatic nitrogens is 2. The minimum absolute atomic E-state index is 0.00283. The number of ether oxygens (including phenoxy) is 1. The molecule has 1 amide bonds. The number of amides is 1. The fraction of sp³-hybridized carbons (Fsp3) is 0.368. The van der Waals surface area contributed by atoms with Gasteiger partial charge in [0.25, 0.3) is 12.3 Å². The van der Waals surface area contributed by atoms with Gasteiger partial charge in [-0.05, 0) is 18.2 Å². The SMILES string of the molecule is CN1C(N)=N[C@@]2(c3cc(NC(=O)c4cnc(C(F)F)cn4)ccc3F)CO[C@H](CF)[C@H]2S1(=O)=O. The molecule has 1 aromatic heterocycles. The summed E-state index contributed by atoms with van der Waals surface area (Å²) >= 11 is 0. The predicted octanol–water partition coefficient (Wildman–Crippen LogP) is 1.33. The van der Waals surface area contributed by atoms with Gasteiger partial charge in [0, 0.05) is 18.3 Å². The van der Waals surface area contributed by atoms with Crippen molar-refractivity contribution in [3.05, 3.63) is 53.4 Å². The van der Waals surface area contributed by atoms with E-state index in [0.29, 0.717) is 4.31 Å². The Kier molecular flexibility index (Phi) is 5.93. The van der Waals surface area contributed by atoms with Gasteiger partial charge in [-0.1, -0.05) is 0 Å². The molecule has 0 spiro atoms. The van der Waals surface area contributed by atoms with Crippen molar-refractivity contribution in [2.45, 2.75) is 23.3 Å². The number of alkyl halides is 3. The van der Waals surface area contributed by atoms with Crippen LogP contribution in [0.25, 0.3) is 0 Å². The number of hydrogen-bond donors (Lipinski definition) is 2. The predicted molar refractivity (Wildman–Crippen MR) is 111 cm³/mol. The number of carbonyl (C=O) groups excluding carboxylic acids is 1. The average Bonchev–Trinajstić information content (AvgIpc) is 3.19. The zero-order valence-electron chi connectivity index (χ0n) is 17.5. The maximum Gasteiger partial charge on any atom is 0.281 e. The van der Waals surface area contributed by atoms with E-state index in [1.165, 1.54) is 6.07 Å². The third-order valence-electron chi connectivity index (χ3n) is 5.64. The summed E-state index contributed by atoms with van der Waals surface area (Å²) in [5, 5.41) is 0.791. The molecule has 2 aliphatic heterocycles. The van der Waals surface area contributed by atoms with Crippen LogP contribution in [0.5, 0.6) is 0 Å². The summed E-state index contributed by atoms with van der Waals surface area (Å²) in [7, 11) is -3.15. The number of sulfonamides is 1. The van der Waals surface area contributed by atoms with E-state index >= 15 is 4.39 Å². The monoisotopic (exact) mass is 502 g/mol. The van der Waals surface area contributed by atoms with Gasteiger partial charge in [-0.25, -0.2) is 40.3 Å². The fourth-order valence-electron chi connectivity index (χ4n) is 3.94. The lowest BCUT2D eigenvalue weighted by molar-refractivity contribution is 0.0847. The normalized spacial score (nSPS) is 25.7. The van der Waals surface area contributed by atoms with Crippen molar-refractivity contribution in [1.82, 2.24) is 14.3 Å². The van der Waals surface area contributed by atoms with Gasteiger partial charge in [-0.3, -0.25) is 9.78 Å². The molecule has 4 rings (SSSR count). The van der Waals surface area contributed by atoms with Gasteiger partial charge in [-0.2, -0.15) is 0 Å². The summed E-state index contributed by atoms with van der Waals surface area (Å²) in [5.41, 5.74) is 2.68. The first-order valence-corrected chi connectivity index (χ1v) is 11.2. The summed E-state index contributed by atoms with van der Waals surface area (Å²) < 4.78 is 86.0. The van der Waals surface area contributed by atoms with Crippen molar-refractivity contribution in [1.29, 1.82) is 0 Å². The molecule has 0 aliphatic carbocycles. The van der Waals surface area contributed by atoms with E-state index in [1.54, 1.807) is 0 Å². The number of guanidine groups is 1. The van der Waals surface area contributed by atoms with Gasteiger partial charge in [-0.15, -0.1) is 0 Å². The maximum absolute atomic E-state index is 15.0. The van der Waals surface area contributed by atoms with Crippen molar-refractivity contribution in [3.63, 3.8) is 0 Å². The maximum atomic E-state index is 15.0. The zero-order valence-corrected chi connectivity index (χ0v) is 18.3. The van der Waals surface area contributed by atoms with Gasteiger partial charge < -0.3 is 15.8 Å². The van der Waals surface area contributed by atoms with E-state index < -0.39 is 70.0 Å². The molecule has 0 radical (unpaired) electrons. The summed E-state index contributed by atoms with van der Waals surface area (Å²) in [6.45, 7) is -1.64. The van der Waals surface area contributed by atoms with Crippen molar-refractivity contribution in [2.75, 3.05) is 25.6 Å². The standard InChI is InChI=1S/C19H18F4N6O4S/c1-29-18(24)28-19(8-33-14(5-20)15(19)34(29,31)32)10-4-9(2-3-11(10)21)27-17(30)13-7-25-12(6-26-13)16(22)23/h2-4,6-7,14-16H,5,8H2,1H3,(H2,24,28)(H,27,30)/t14-,15-,19-/m1/s1. The van der Waals surface area contributed by atoms with E-state index in [-0.39, 0.29) is 16.9 Å². The van der Waals surface area contributed by atoms with E-state index in [0.717, 1.165) is 31.6 Å². The van der Waals surface area contributed by atoms with Gasteiger partial charge in [0.1, 0.15) is 40.8 Å². The second-order valence-electron chi connectivity index (χ2n) is 7.61. The van der Waals surface area contributed by atoms with Crippen molar-refractivity contribution in [3.8, 4) is 0 Å². The first-order chi connectivity index (χ1) is 16.0. The highest BCUT2D eigenvalue weighted by Crippen LogP contribution is 2.46. The van der Waals surface area contributed by atoms with Gasteiger partial charge in [0.05, 0.1) is 19.0 Å². The third kappa shape index (κ3) is 3.73. The molecule has 10 nitrogen and oxygen atoms in total. The Hall–Kier alpha value is -3.33. The van der Waals surface area contributed by atoms with E-state index in [2.05, 4.69) is 20.3 Å². The molecule has 0 saturated carbocycles. The van der Waals surface area contributed by atoms with Crippen molar-refractivity contribution >= 4 is 27.6 Å². The Labute approximate surface area is 190 Å². The Morgan fingerprint density at radius 1 is 1.35 bits per heavy atom. The molecule has 2 aromatic rings. The average molecular weight is 502 g/mol. The molecule has 15 heteroatoms. The lowest BCUT2D eigenvalue weighted by atomic mass is 9.86. The second kappa shape index (κ2) is 8.47. The van der Waals surface area contributed by atoms with Gasteiger partial charge in [0.2, 0.25) is 16.0 Å². The van der Waals surface area contributed by atoms with Crippen LogP contribution in [0.1, 0.15) is 28.2 Å². The molecule has 1 fully saturated rings. The molecule has 182 valence electrons. The van der Waals surface area contributed by atoms with Crippen LogP contribution in [0.4, 0.5) is 23.2 Å². The van der Waals surface area contributed by atoms with Crippen LogP contribution in [-0.2, 0) is 20.3 Å². The largest absolute Gasteiger partial charge is 0.371 e. The minimum atomic E-state index is -4.28. The number of anilines is 1. The molecule has 3 atom stereocenters. The summed E-state index contributed by atoms with van der Waals surface area (Å²) in [4.78, 5) is 23.7. The van der Waals surface area contributed by atoms with Crippen LogP contribution < -0.4 is 11.1 Å². The van der Waals surface area contributed by atoms with Crippen LogP contribution in [0.2, 0.25) is 0 Å². The lowest BCUT2D eigenvalue weighted by Gasteiger charge is -2.39. The first-order valence-electron chi connectivity index (χ1n) is 9.73. The van der Waals surface area contributed by atoms with E-state index in [4.69, 9.17) is 10.5 Å². The van der Waals surface area contributed by atoms with Gasteiger partial charge in [0.15, 0.2) is 0 Å². The third-order valence-corrected chi connectivity index (χ3v) is 7.92. The lowest BCUT2D eigenvalue weighted by Crippen LogP contribution is -2.59. The molecule has 0 unspecified atom stereocenters. The molecule has 2 aliphatic rings.